The lowest BCUT2D eigenvalue weighted by Gasteiger charge is -2.17. The van der Waals surface area contributed by atoms with Gasteiger partial charge in [-0.3, -0.25) is 9.59 Å². The van der Waals surface area contributed by atoms with Gasteiger partial charge in [0.1, 0.15) is 0 Å². The molecule has 1 aromatic carbocycles. The van der Waals surface area contributed by atoms with E-state index in [9.17, 15) is 9.59 Å². The maximum atomic E-state index is 12.2. The Bertz CT molecular complexity index is 537. The average molecular weight is 332 g/mol. The van der Waals surface area contributed by atoms with Gasteiger partial charge in [-0.05, 0) is 43.5 Å². The normalized spacial score (nSPS) is 20.7. The molecule has 1 aliphatic rings. The van der Waals surface area contributed by atoms with Crippen LogP contribution in [0.1, 0.15) is 29.6 Å². The maximum absolute atomic E-state index is 12.2. The number of nitrogens with two attached hydrogens (primary N) is 2. The molecule has 0 unspecified atom stereocenters. The number of amides is 2. The van der Waals surface area contributed by atoms with Gasteiger partial charge in [-0.25, -0.2) is 0 Å². The van der Waals surface area contributed by atoms with Crippen LogP contribution in [0, 0.1) is 11.8 Å². The molecule has 0 radical (unpaired) electrons. The van der Waals surface area contributed by atoms with Gasteiger partial charge in [-0.2, -0.15) is 0 Å². The van der Waals surface area contributed by atoms with E-state index in [0.717, 1.165) is 19.3 Å². The van der Waals surface area contributed by atoms with Crippen molar-refractivity contribution in [2.45, 2.75) is 19.3 Å². The predicted molar refractivity (Wildman–Crippen MR) is 85.7 cm³/mol. The second-order valence-corrected chi connectivity index (χ2v) is 5.49. The van der Waals surface area contributed by atoms with Crippen molar-refractivity contribution in [2.24, 2.45) is 23.3 Å². The first-order chi connectivity index (χ1) is 9.52. The monoisotopic (exact) mass is 331 g/mol. The van der Waals surface area contributed by atoms with Crippen LogP contribution in [-0.2, 0) is 4.79 Å². The van der Waals surface area contributed by atoms with Gasteiger partial charge in [0.2, 0.25) is 11.8 Å². The number of carbonyl (C=O) groups excluding carboxylic acids is 2. The molecule has 7 heteroatoms. The molecule has 0 saturated heterocycles. The second-order valence-electron chi connectivity index (χ2n) is 5.08. The molecule has 0 spiro atoms. The van der Waals surface area contributed by atoms with E-state index < -0.39 is 5.91 Å². The van der Waals surface area contributed by atoms with Crippen LogP contribution in [0.25, 0.3) is 0 Å². The molecule has 2 rings (SSSR count). The smallest absolute Gasteiger partial charge is 0.250 e. The van der Waals surface area contributed by atoms with Crippen LogP contribution in [0.15, 0.2) is 18.2 Å². The summed E-state index contributed by atoms with van der Waals surface area (Å²) in [4.78, 5) is 23.3. The zero-order valence-corrected chi connectivity index (χ0v) is 13.0. The molecule has 1 saturated carbocycles. The fourth-order valence-corrected chi connectivity index (χ4v) is 2.97. The largest absolute Gasteiger partial charge is 0.366 e. The van der Waals surface area contributed by atoms with Gasteiger partial charge in [0.25, 0.3) is 0 Å². The van der Waals surface area contributed by atoms with Crippen molar-refractivity contribution in [1.29, 1.82) is 0 Å². The third-order valence-corrected chi connectivity index (χ3v) is 4.11. The number of hydrogen-bond donors (Lipinski definition) is 3. The van der Waals surface area contributed by atoms with Crippen LogP contribution in [0.5, 0.6) is 0 Å². The van der Waals surface area contributed by atoms with E-state index in [2.05, 4.69) is 5.32 Å². The average Bonchev–Trinajstić information content (AvgIpc) is 2.86. The van der Waals surface area contributed by atoms with Crippen LogP contribution in [0.4, 0.5) is 5.69 Å². The van der Waals surface area contributed by atoms with E-state index in [-0.39, 0.29) is 40.7 Å². The van der Waals surface area contributed by atoms with Crippen LogP contribution in [-0.4, -0.2) is 18.4 Å². The van der Waals surface area contributed by atoms with Crippen molar-refractivity contribution in [3.63, 3.8) is 0 Å². The van der Waals surface area contributed by atoms with Gasteiger partial charge < -0.3 is 16.8 Å². The lowest BCUT2D eigenvalue weighted by atomic mass is 9.95. The van der Waals surface area contributed by atoms with Gasteiger partial charge in [0.05, 0.1) is 10.6 Å². The second kappa shape index (κ2) is 7.64. The van der Waals surface area contributed by atoms with Crippen molar-refractivity contribution in [2.75, 3.05) is 11.9 Å². The third-order valence-electron chi connectivity index (χ3n) is 3.80. The highest BCUT2D eigenvalue weighted by molar-refractivity contribution is 6.34. The van der Waals surface area contributed by atoms with Crippen LogP contribution in [0.3, 0.4) is 0 Å². The Morgan fingerprint density at radius 3 is 2.62 bits per heavy atom. The predicted octanol–water partition coefficient (Wildman–Crippen LogP) is 2.17. The molecular formula is C14H19Cl2N3O2. The summed E-state index contributed by atoms with van der Waals surface area (Å²) in [6.07, 6.45) is 2.89. The number of nitrogens with one attached hydrogen (secondary N) is 1. The van der Waals surface area contributed by atoms with Gasteiger partial charge in [0, 0.05) is 11.6 Å². The summed E-state index contributed by atoms with van der Waals surface area (Å²) in [5, 5.41) is 3.06. The van der Waals surface area contributed by atoms with Crippen molar-refractivity contribution in [3.05, 3.63) is 28.8 Å². The Kier molecular flexibility index (Phi) is 6.45. The number of primary amides is 1. The molecule has 2 amide bonds. The van der Waals surface area contributed by atoms with Crippen molar-refractivity contribution in [1.82, 2.24) is 0 Å². The summed E-state index contributed by atoms with van der Waals surface area (Å²) < 4.78 is 0. The number of benzene rings is 1. The number of carbonyl (C=O) groups is 2. The van der Waals surface area contributed by atoms with Gasteiger partial charge in [0.15, 0.2) is 0 Å². The fraction of sp³-hybridized carbons (Fsp3) is 0.429. The molecule has 21 heavy (non-hydrogen) atoms. The van der Waals surface area contributed by atoms with Gasteiger partial charge in [-0.1, -0.05) is 18.0 Å². The maximum Gasteiger partial charge on any atom is 0.250 e. The van der Waals surface area contributed by atoms with Gasteiger partial charge >= 0.3 is 0 Å². The SMILES string of the molecule is Cl.NC[C@H]1CCC[C@H]1C(=O)Nc1ccc(C(N)=O)c(Cl)c1. The first kappa shape index (κ1) is 17.8. The Balaban J connectivity index is 0.00000220. The third kappa shape index (κ3) is 4.09. The standard InChI is InChI=1S/C14H18ClN3O2.ClH/c15-12-6-9(4-5-11(12)13(17)19)18-14(20)10-3-1-2-8(10)7-16;/h4-6,8,10H,1-3,7,16H2,(H2,17,19)(H,18,20);1H/t8-,10-;/m1./s1. The zero-order valence-electron chi connectivity index (χ0n) is 11.5. The van der Waals surface area contributed by atoms with Crippen molar-refractivity contribution in [3.8, 4) is 0 Å². The molecule has 1 aromatic rings. The fourth-order valence-electron chi connectivity index (χ4n) is 2.69. The molecule has 5 nitrogen and oxygen atoms in total. The van der Waals surface area contributed by atoms with E-state index in [4.69, 9.17) is 23.1 Å². The summed E-state index contributed by atoms with van der Waals surface area (Å²) in [6, 6.07) is 4.66. The Hall–Kier alpha value is -1.30. The molecule has 1 fully saturated rings. The zero-order chi connectivity index (χ0) is 14.7. The summed E-state index contributed by atoms with van der Waals surface area (Å²) in [5.74, 6) is -0.433. The van der Waals surface area contributed by atoms with E-state index in [1.807, 2.05) is 0 Å². The van der Waals surface area contributed by atoms with Crippen molar-refractivity contribution < 1.29 is 9.59 Å². The van der Waals surface area contributed by atoms with Crippen LogP contribution in [0.2, 0.25) is 5.02 Å². The number of anilines is 1. The highest BCUT2D eigenvalue weighted by Crippen LogP contribution is 2.32. The first-order valence-electron chi connectivity index (χ1n) is 6.63. The molecule has 1 aliphatic carbocycles. The summed E-state index contributed by atoms with van der Waals surface area (Å²) in [7, 11) is 0. The highest BCUT2D eigenvalue weighted by Gasteiger charge is 2.31. The van der Waals surface area contributed by atoms with Crippen LogP contribution >= 0.6 is 24.0 Å². The molecule has 0 bridgehead atoms. The minimum Gasteiger partial charge on any atom is -0.366 e. The molecule has 116 valence electrons. The minimum atomic E-state index is -0.591. The molecule has 0 aliphatic heterocycles. The highest BCUT2D eigenvalue weighted by atomic mass is 35.5. The summed E-state index contributed by atoms with van der Waals surface area (Å²) in [5.41, 5.74) is 11.7. The Labute approximate surface area is 134 Å². The molecule has 5 N–H and O–H groups in total. The van der Waals surface area contributed by atoms with E-state index in [1.54, 1.807) is 6.07 Å². The molecule has 0 aromatic heterocycles. The quantitative estimate of drug-likeness (QED) is 0.788. The first-order valence-corrected chi connectivity index (χ1v) is 7.01. The summed E-state index contributed by atoms with van der Waals surface area (Å²) >= 11 is 5.95. The lowest BCUT2D eigenvalue weighted by Crippen LogP contribution is -2.29. The Morgan fingerprint density at radius 1 is 1.33 bits per heavy atom. The molecule has 0 heterocycles. The van der Waals surface area contributed by atoms with E-state index in [1.165, 1.54) is 12.1 Å². The number of hydrogen-bond acceptors (Lipinski definition) is 3. The molecule has 2 atom stereocenters. The van der Waals surface area contributed by atoms with Crippen LogP contribution < -0.4 is 16.8 Å². The summed E-state index contributed by atoms with van der Waals surface area (Å²) in [6.45, 7) is 0.527. The van der Waals surface area contributed by atoms with Gasteiger partial charge in [-0.15, -0.1) is 12.4 Å². The Morgan fingerprint density at radius 2 is 2.05 bits per heavy atom. The minimum absolute atomic E-state index is 0. The number of halogens is 2. The topological polar surface area (TPSA) is 98.2 Å². The lowest BCUT2D eigenvalue weighted by molar-refractivity contribution is -0.120. The number of rotatable bonds is 4. The van der Waals surface area contributed by atoms with Crippen molar-refractivity contribution >= 4 is 41.5 Å². The molecular weight excluding hydrogens is 313 g/mol. The van der Waals surface area contributed by atoms with E-state index >= 15 is 0 Å². The van der Waals surface area contributed by atoms with E-state index in [0.29, 0.717) is 12.2 Å².